The summed E-state index contributed by atoms with van der Waals surface area (Å²) in [6.07, 6.45) is 1.68. The maximum absolute atomic E-state index is 12.0. The van der Waals surface area contributed by atoms with Gasteiger partial charge in [-0.2, -0.15) is 0 Å². The van der Waals surface area contributed by atoms with Crippen LogP contribution < -0.4 is 10.3 Å². The summed E-state index contributed by atoms with van der Waals surface area (Å²) in [6, 6.07) is 7.16. The summed E-state index contributed by atoms with van der Waals surface area (Å²) in [6.45, 7) is 0. The van der Waals surface area contributed by atoms with E-state index in [0.29, 0.717) is 10.7 Å². The second kappa shape index (κ2) is 6.18. The maximum Gasteiger partial charge on any atom is 0.282 e. The third-order valence-corrected chi connectivity index (χ3v) is 4.58. The summed E-state index contributed by atoms with van der Waals surface area (Å²) in [5, 5.41) is 0.423. The van der Waals surface area contributed by atoms with Crippen molar-refractivity contribution in [2.45, 2.75) is 4.90 Å². The Balaban J connectivity index is 2.10. The summed E-state index contributed by atoms with van der Waals surface area (Å²) in [7, 11) is -2.17. The predicted octanol–water partition coefficient (Wildman–Crippen LogP) is 2.06. The molecule has 0 radical (unpaired) electrons. The van der Waals surface area contributed by atoms with Gasteiger partial charge in [-0.15, -0.1) is 4.83 Å². The van der Waals surface area contributed by atoms with E-state index in [0.717, 1.165) is 4.47 Å². The van der Waals surface area contributed by atoms with Crippen LogP contribution in [-0.4, -0.2) is 18.9 Å². The van der Waals surface area contributed by atoms with Crippen LogP contribution in [-0.2, 0) is 17.1 Å². The molecule has 6 nitrogen and oxygen atoms in total. The van der Waals surface area contributed by atoms with Crippen LogP contribution in [0.3, 0.4) is 0 Å². The molecule has 2 rings (SSSR count). The summed E-state index contributed by atoms with van der Waals surface area (Å²) >= 11 is 8.93. The SMILES string of the molecule is Cn1cc(Br)cc1C(=O)NNS(=O)(=O)c1ccc(Cl)cc1. The lowest BCUT2D eigenvalue weighted by Crippen LogP contribution is -2.42. The minimum Gasteiger partial charge on any atom is -0.345 e. The van der Waals surface area contributed by atoms with E-state index in [1.54, 1.807) is 23.9 Å². The van der Waals surface area contributed by atoms with Crippen molar-refractivity contribution in [3.05, 3.63) is 51.7 Å². The number of hydrogen-bond acceptors (Lipinski definition) is 3. The van der Waals surface area contributed by atoms with Crippen LogP contribution in [0, 0.1) is 0 Å². The number of nitrogens with zero attached hydrogens (tertiary/aromatic N) is 1. The molecule has 0 bridgehead atoms. The molecule has 0 fully saturated rings. The largest absolute Gasteiger partial charge is 0.345 e. The highest BCUT2D eigenvalue weighted by molar-refractivity contribution is 9.10. The van der Waals surface area contributed by atoms with E-state index in [2.05, 4.69) is 21.4 Å². The first-order chi connectivity index (χ1) is 9.79. The van der Waals surface area contributed by atoms with Gasteiger partial charge in [-0.1, -0.05) is 11.6 Å². The molecular formula is C12H11BrClN3O3S. The normalized spacial score (nSPS) is 11.4. The molecule has 0 unspecified atom stereocenters. The van der Waals surface area contributed by atoms with E-state index >= 15 is 0 Å². The number of hydrogen-bond donors (Lipinski definition) is 2. The molecule has 9 heteroatoms. The molecule has 1 amide bonds. The van der Waals surface area contributed by atoms with Crippen molar-refractivity contribution in [2.75, 3.05) is 0 Å². The van der Waals surface area contributed by atoms with Gasteiger partial charge in [0, 0.05) is 22.7 Å². The first-order valence-electron chi connectivity index (χ1n) is 5.69. The van der Waals surface area contributed by atoms with E-state index < -0.39 is 15.9 Å². The highest BCUT2D eigenvalue weighted by Gasteiger charge is 2.17. The van der Waals surface area contributed by atoms with Gasteiger partial charge < -0.3 is 4.57 Å². The Labute approximate surface area is 135 Å². The molecule has 0 atom stereocenters. The monoisotopic (exact) mass is 391 g/mol. The van der Waals surface area contributed by atoms with Crippen LogP contribution >= 0.6 is 27.5 Å². The molecule has 2 N–H and O–H groups in total. The fourth-order valence-corrected chi connectivity index (χ4v) is 3.09. The van der Waals surface area contributed by atoms with Gasteiger partial charge in [-0.25, -0.2) is 8.42 Å². The molecule has 0 saturated heterocycles. The van der Waals surface area contributed by atoms with E-state index in [1.165, 1.54) is 24.3 Å². The van der Waals surface area contributed by atoms with Crippen molar-refractivity contribution in [1.29, 1.82) is 0 Å². The van der Waals surface area contributed by atoms with Gasteiger partial charge in [0.2, 0.25) is 0 Å². The summed E-state index contributed by atoms with van der Waals surface area (Å²) in [5.41, 5.74) is 2.46. The topological polar surface area (TPSA) is 80.2 Å². The molecule has 2 aromatic rings. The van der Waals surface area contributed by atoms with Crippen LogP contribution in [0.25, 0.3) is 0 Å². The number of halogens is 2. The summed E-state index contributed by atoms with van der Waals surface area (Å²) in [5.74, 6) is -0.569. The second-order valence-corrected chi connectivity index (χ2v) is 7.20. The predicted molar refractivity (Wildman–Crippen MR) is 82.4 cm³/mol. The second-order valence-electron chi connectivity index (χ2n) is 4.17. The first-order valence-corrected chi connectivity index (χ1v) is 8.34. The van der Waals surface area contributed by atoms with Crippen molar-refractivity contribution < 1.29 is 13.2 Å². The zero-order valence-corrected chi connectivity index (χ0v) is 14.0. The van der Waals surface area contributed by atoms with Crippen LogP contribution in [0.15, 0.2) is 45.9 Å². The molecule has 1 heterocycles. The molecule has 0 aliphatic rings. The average Bonchev–Trinajstić information content (AvgIpc) is 2.76. The fraction of sp³-hybridized carbons (Fsp3) is 0.0833. The third kappa shape index (κ3) is 3.85. The molecule has 0 spiro atoms. The third-order valence-electron chi connectivity index (χ3n) is 2.63. The Morgan fingerprint density at radius 1 is 1.29 bits per heavy atom. The maximum atomic E-state index is 12.0. The minimum atomic E-state index is -3.85. The van der Waals surface area contributed by atoms with E-state index in [4.69, 9.17) is 11.6 Å². The molecule has 1 aromatic carbocycles. The van der Waals surface area contributed by atoms with Gasteiger partial charge >= 0.3 is 0 Å². The smallest absolute Gasteiger partial charge is 0.282 e. The van der Waals surface area contributed by atoms with Gasteiger partial charge in [0.1, 0.15) is 5.69 Å². The van der Waals surface area contributed by atoms with Gasteiger partial charge in [-0.05, 0) is 46.3 Å². The molecule has 0 aliphatic heterocycles. The number of aromatic nitrogens is 1. The Hall–Kier alpha value is -1.35. The van der Waals surface area contributed by atoms with Crippen LogP contribution in [0.4, 0.5) is 0 Å². The number of hydrazine groups is 1. The van der Waals surface area contributed by atoms with Crippen molar-refractivity contribution in [2.24, 2.45) is 7.05 Å². The Bertz CT molecular complexity index is 772. The minimum absolute atomic E-state index is 0.000242. The average molecular weight is 393 g/mol. The van der Waals surface area contributed by atoms with E-state index in [1.807, 2.05) is 4.83 Å². The van der Waals surface area contributed by atoms with Crippen molar-refractivity contribution in [1.82, 2.24) is 14.8 Å². The molecule has 1 aromatic heterocycles. The Morgan fingerprint density at radius 2 is 1.90 bits per heavy atom. The van der Waals surface area contributed by atoms with Gasteiger partial charge in [0.05, 0.1) is 4.90 Å². The number of sulfonamides is 1. The highest BCUT2D eigenvalue weighted by Crippen LogP contribution is 2.14. The zero-order chi connectivity index (χ0) is 15.6. The summed E-state index contributed by atoms with van der Waals surface area (Å²) in [4.78, 5) is 13.9. The van der Waals surface area contributed by atoms with Crippen molar-refractivity contribution in [3.8, 4) is 0 Å². The zero-order valence-electron chi connectivity index (χ0n) is 10.8. The number of aryl methyl sites for hydroxylation is 1. The van der Waals surface area contributed by atoms with Crippen LogP contribution in [0.1, 0.15) is 10.5 Å². The quantitative estimate of drug-likeness (QED) is 0.782. The molecular weight excluding hydrogens is 382 g/mol. The lowest BCUT2D eigenvalue weighted by Gasteiger charge is -2.09. The number of carbonyl (C=O) groups is 1. The fourth-order valence-electron chi connectivity index (χ4n) is 1.60. The van der Waals surface area contributed by atoms with Crippen molar-refractivity contribution >= 4 is 43.5 Å². The summed E-state index contributed by atoms with van der Waals surface area (Å²) < 4.78 is 26.3. The molecule has 112 valence electrons. The Kier molecular flexibility index (Phi) is 4.72. The number of rotatable bonds is 4. The van der Waals surface area contributed by atoms with Gasteiger partial charge in [0.15, 0.2) is 0 Å². The van der Waals surface area contributed by atoms with E-state index in [-0.39, 0.29) is 4.90 Å². The van der Waals surface area contributed by atoms with Crippen LogP contribution in [0.5, 0.6) is 0 Å². The Morgan fingerprint density at radius 3 is 2.43 bits per heavy atom. The molecule has 0 aliphatic carbocycles. The number of carbonyl (C=O) groups excluding carboxylic acids is 1. The first kappa shape index (κ1) is 16.0. The van der Waals surface area contributed by atoms with Gasteiger partial charge in [-0.3, -0.25) is 10.2 Å². The number of amides is 1. The van der Waals surface area contributed by atoms with Crippen LogP contribution in [0.2, 0.25) is 5.02 Å². The highest BCUT2D eigenvalue weighted by atomic mass is 79.9. The van der Waals surface area contributed by atoms with E-state index in [9.17, 15) is 13.2 Å². The standard InChI is InChI=1S/C12H11BrClN3O3S/c1-17-7-8(13)6-11(17)12(18)15-16-21(19,20)10-4-2-9(14)3-5-10/h2-7,16H,1H3,(H,15,18). The lowest BCUT2D eigenvalue weighted by atomic mass is 10.4. The number of nitrogens with one attached hydrogen (secondary N) is 2. The van der Waals surface area contributed by atoms with Gasteiger partial charge in [0.25, 0.3) is 15.9 Å². The van der Waals surface area contributed by atoms with Crippen molar-refractivity contribution in [3.63, 3.8) is 0 Å². The molecule has 21 heavy (non-hydrogen) atoms. The number of benzene rings is 1. The molecule has 0 saturated carbocycles. The lowest BCUT2D eigenvalue weighted by molar-refractivity contribution is 0.0937.